The first-order chi connectivity index (χ1) is 9.08. The van der Waals surface area contributed by atoms with Crippen molar-refractivity contribution in [3.63, 3.8) is 0 Å². The molecular formula is C12H18N2O5. The molecule has 3 N–H and O–H groups in total. The van der Waals surface area contributed by atoms with E-state index < -0.39 is 29.7 Å². The molecule has 0 amide bonds. The van der Waals surface area contributed by atoms with E-state index in [1.54, 1.807) is 0 Å². The summed E-state index contributed by atoms with van der Waals surface area (Å²) in [5, 5.41) is 19.3. The molecule has 7 nitrogen and oxygen atoms in total. The Morgan fingerprint density at radius 1 is 1.47 bits per heavy atom. The quantitative estimate of drug-likeness (QED) is 0.664. The van der Waals surface area contributed by atoms with Gasteiger partial charge in [-0.15, -0.1) is 0 Å². The van der Waals surface area contributed by atoms with E-state index in [1.165, 1.54) is 16.8 Å². The maximum absolute atomic E-state index is 11.8. The van der Waals surface area contributed by atoms with Crippen LogP contribution in [0, 0.1) is 5.92 Å². The van der Waals surface area contributed by atoms with Gasteiger partial charge in [0.25, 0.3) is 5.56 Å². The minimum absolute atomic E-state index is 0.286. The van der Waals surface area contributed by atoms with Gasteiger partial charge in [0.05, 0.1) is 12.7 Å². The Hall–Kier alpha value is -1.44. The van der Waals surface area contributed by atoms with E-state index in [1.807, 2.05) is 6.92 Å². The lowest BCUT2D eigenvalue weighted by molar-refractivity contribution is -0.0483. The lowest BCUT2D eigenvalue weighted by Gasteiger charge is -2.21. The fraction of sp³-hybridized carbons (Fsp3) is 0.667. The van der Waals surface area contributed by atoms with Gasteiger partial charge in [-0.3, -0.25) is 14.3 Å². The summed E-state index contributed by atoms with van der Waals surface area (Å²) in [5.41, 5.74) is -1.06. The number of hydrogen-bond acceptors (Lipinski definition) is 5. The second kappa shape index (κ2) is 5.68. The topological polar surface area (TPSA) is 105 Å². The van der Waals surface area contributed by atoms with Gasteiger partial charge in [-0.05, 0) is 6.42 Å². The van der Waals surface area contributed by atoms with E-state index >= 15 is 0 Å². The van der Waals surface area contributed by atoms with Crippen molar-refractivity contribution in [1.82, 2.24) is 9.55 Å². The summed E-state index contributed by atoms with van der Waals surface area (Å²) in [4.78, 5) is 25.0. The molecule has 2 unspecified atom stereocenters. The average Bonchev–Trinajstić information content (AvgIpc) is 2.68. The number of aromatic nitrogens is 2. The van der Waals surface area contributed by atoms with Crippen LogP contribution in [0.1, 0.15) is 26.0 Å². The summed E-state index contributed by atoms with van der Waals surface area (Å²) < 4.78 is 6.79. The van der Waals surface area contributed by atoms with Gasteiger partial charge < -0.3 is 14.9 Å². The first-order valence-electron chi connectivity index (χ1n) is 6.34. The molecule has 0 aromatic carbocycles. The number of rotatable bonds is 4. The minimum Gasteiger partial charge on any atom is -0.394 e. The van der Waals surface area contributed by atoms with Crippen molar-refractivity contribution in [1.29, 1.82) is 0 Å². The fourth-order valence-electron chi connectivity index (χ4n) is 2.50. The predicted octanol–water partition coefficient (Wildman–Crippen LogP) is -0.797. The smallest absolute Gasteiger partial charge is 0.330 e. The van der Waals surface area contributed by atoms with Crippen molar-refractivity contribution >= 4 is 0 Å². The van der Waals surface area contributed by atoms with Gasteiger partial charge in [-0.1, -0.05) is 13.3 Å². The molecule has 1 aliphatic heterocycles. The number of aliphatic hydroxyl groups excluding tert-OH is 2. The largest absolute Gasteiger partial charge is 0.394 e. The van der Waals surface area contributed by atoms with Crippen LogP contribution in [0.4, 0.5) is 0 Å². The molecule has 0 radical (unpaired) electrons. The second-order valence-corrected chi connectivity index (χ2v) is 4.71. The molecule has 1 saturated heterocycles. The van der Waals surface area contributed by atoms with Crippen molar-refractivity contribution in [3.05, 3.63) is 33.1 Å². The van der Waals surface area contributed by atoms with Crippen molar-refractivity contribution in [3.8, 4) is 0 Å². The Balaban J connectivity index is 2.36. The first-order valence-corrected chi connectivity index (χ1v) is 6.34. The minimum atomic E-state index is -0.825. The summed E-state index contributed by atoms with van der Waals surface area (Å²) in [6, 6.07) is 1.23. The Morgan fingerprint density at radius 3 is 2.79 bits per heavy atom. The van der Waals surface area contributed by atoms with Gasteiger partial charge in [-0.25, -0.2) is 4.79 Å². The summed E-state index contributed by atoms with van der Waals surface area (Å²) in [6.07, 6.45) is 0.623. The number of nitrogens with one attached hydrogen (secondary N) is 1. The maximum Gasteiger partial charge on any atom is 0.330 e. The highest BCUT2D eigenvalue weighted by molar-refractivity contribution is 4.92. The molecule has 1 aliphatic rings. The monoisotopic (exact) mass is 270 g/mol. The highest BCUT2D eigenvalue weighted by Crippen LogP contribution is 2.36. The van der Waals surface area contributed by atoms with E-state index in [0.717, 1.165) is 6.42 Å². The molecule has 2 rings (SSSR count). The lowest BCUT2D eigenvalue weighted by Crippen LogP contribution is -2.34. The summed E-state index contributed by atoms with van der Waals surface area (Å²) in [6.45, 7) is 1.65. The van der Waals surface area contributed by atoms with Crippen LogP contribution in [0.15, 0.2) is 21.9 Å². The molecular weight excluding hydrogens is 252 g/mol. The zero-order valence-corrected chi connectivity index (χ0v) is 10.7. The summed E-state index contributed by atoms with van der Waals surface area (Å²) in [5.74, 6) is -0.286. The standard InChI is InChI=1S/C12H18N2O5/c1-2-3-7-10(17)8(6-15)19-11(7)14-5-4-9(16)13-12(14)18/h4-5,7-8,10-11,15,17H,2-3,6H2,1H3,(H,13,16,18)/t7?,8-,10?,11-/m0/s1. The van der Waals surface area contributed by atoms with Crippen molar-refractivity contribution in [2.45, 2.75) is 38.2 Å². The van der Waals surface area contributed by atoms with Crippen LogP contribution in [0.3, 0.4) is 0 Å². The van der Waals surface area contributed by atoms with E-state index in [0.29, 0.717) is 6.42 Å². The number of aromatic amines is 1. The molecule has 0 spiro atoms. The molecule has 0 aliphatic carbocycles. The van der Waals surface area contributed by atoms with Gasteiger partial charge >= 0.3 is 5.69 Å². The van der Waals surface area contributed by atoms with E-state index in [2.05, 4.69) is 4.98 Å². The van der Waals surface area contributed by atoms with Crippen molar-refractivity contribution < 1.29 is 14.9 Å². The second-order valence-electron chi connectivity index (χ2n) is 4.71. The van der Waals surface area contributed by atoms with Crippen molar-refractivity contribution in [2.24, 2.45) is 5.92 Å². The molecule has 2 heterocycles. The van der Waals surface area contributed by atoms with Gasteiger partial charge in [0, 0.05) is 18.2 Å². The van der Waals surface area contributed by atoms with Crippen LogP contribution in [0.5, 0.6) is 0 Å². The first kappa shape index (κ1) is 14.0. The van der Waals surface area contributed by atoms with E-state index in [9.17, 15) is 19.8 Å². The molecule has 0 saturated carbocycles. The molecule has 1 fully saturated rings. The highest BCUT2D eigenvalue weighted by atomic mass is 16.5. The third-order valence-electron chi connectivity index (χ3n) is 3.43. The number of aliphatic hydroxyl groups is 2. The Morgan fingerprint density at radius 2 is 2.21 bits per heavy atom. The van der Waals surface area contributed by atoms with E-state index in [4.69, 9.17) is 4.74 Å². The molecule has 19 heavy (non-hydrogen) atoms. The van der Waals surface area contributed by atoms with Gasteiger partial charge in [0.2, 0.25) is 0 Å². The molecule has 1 aromatic rings. The Labute approximate surface area is 109 Å². The highest BCUT2D eigenvalue weighted by Gasteiger charge is 2.43. The van der Waals surface area contributed by atoms with Gasteiger partial charge in [0.1, 0.15) is 12.3 Å². The van der Waals surface area contributed by atoms with Crippen LogP contribution in [0.2, 0.25) is 0 Å². The van der Waals surface area contributed by atoms with Crippen LogP contribution in [-0.2, 0) is 4.74 Å². The maximum atomic E-state index is 11.8. The fourth-order valence-corrected chi connectivity index (χ4v) is 2.50. The zero-order valence-electron chi connectivity index (χ0n) is 10.7. The van der Waals surface area contributed by atoms with Crippen LogP contribution < -0.4 is 11.2 Å². The lowest BCUT2D eigenvalue weighted by atomic mass is 9.95. The molecule has 1 aromatic heterocycles. The van der Waals surface area contributed by atoms with Crippen LogP contribution in [-0.4, -0.2) is 38.6 Å². The van der Waals surface area contributed by atoms with E-state index in [-0.39, 0.29) is 12.5 Å². The molecule has 106 valence electrons. The Bertz CT molecular complexity index is 537. The van der Waals surface area contributed by atoms with Crippen LogP contribution >= 0.6 is 0 Å². The number of nitrogens with zero attached hydrogens (tertiary/aromatic N) is 1. The van der Waals surface area contributed by atoms with Gasteiger partial charge in [0.15, 0.2) is 0 Å². The molecule has 7 heteroatoms. The van der Waals surface area contributed by atoms with Crippen molar-refractivity contribution in [2.75, 3.05) is 6.61 Å². The van der Waals surface area contributed by atoms with Gasteiger partial charge in [-0.2, -0.15) is 0 Å². The number of ether oxygens (including phenoxy) is 1. The molecule has 0 bridgehead atoms. The summed E-state index contributed by atoms with van der Waals surface area (Å²) in [7, 11) is 0. The zero-order chi connectivity index (χ0) is 14.0. The summed E-state index contributed by atoms with van der Waals surface area (Å²) >= 11 is 0. The number of hydrogen-bond donors (Lipinski definition) is 3. The average molecular weight is 270 g/mol. The SMILES string of the molecule is CCCC1C(O)[C@H](CO)O[C@@H]1n1ccc(=O)[nH]c1=O. The third-order valence-corrected chi connectivity index (χ3v) is 3.43. The number of H-pyrrole nitrogens is 1. The predicted molar refractivity (Wildman–Crippen MR) is 66.7 cm³/mol. The molecule has 4 atom stereocenters. The van der Waals surface area contributed by atoms with Crippen LogP contribution in [0.25, 0.3) is 0 Å². The normalized spacial score (nSPS) is 30.7. The third kappa shape index (κ3) is 2.63. The Kier molecular flexibility index (Phi) is 4.18.